The highest BCUT2D eigenvalue weighted by Crippen LogP contribution is 2.68. The van der Waals surface area contributed by atoms with Gasteiger partial charge in [0.05, 0.1) is 0 Å². The third kappa shape index (κ3) is 14.7. The Kier molecular flexibility index (Phi) is 7.40. The van der Waals surface area contributed by atoms with Gasteiger partial charge in [-0.25, -0.2) is 0 Å². The summed E-state index contributed by atoms with van der Waals surface area (Å²) in [6, 6.07) is 0. The minimum absolute atomic E-state index is 0.328. The van der Waals surface area contributed by atoms with Crippen molar-refractivity contribution in [2.24, 2.45) is 0 Å². The first-order valence-electron chi connectivity index (χ1n) is 4.07. The number of rotatable bonds is 2. The molecule has 0 aliphatic carbocycles. The van der Waals surface area contributed by atoms with E-state index in [1.54, 1.807) is 0 Å². The second-order valence-electron chi connectivity index (χ2n) is 4.44. The van der Waals surface area contributed by atoms with Gasteiger partial charge in [0.1, 0.15) is 0 Å². The van der Waals surface area contributed by atoms with E-state index in [1.165, 1.54) is 0 Å². The maximum Gasteiger partial charge on any atom is 0.522 e. The third-order valence-electron chi connectivity index (χ3n) is 0.701. The quantitative estimate of drug-likeness (QED) is 0.477. The molecule has 0 fully saturated rings. The molecule has 10 heteroatoms. The molecule has 110 valence electrons. The zero-order valence-corrected chi connectivity index (χ0v) is 13.8. The zero-order chi connectivity index (χ0) is 14.7. The Morgan fingerprint density at radius 3 is 1.06 bits per heavy atom. The molecular formula is C7H19F3O3S4. The van der Waals surface area contributed by atoms with Gasteiger partial charge >= 0.3 is 15.6 Å². The normalized spacial score (nSPS) is 15.9. The van der Waals surface area contributed by atoms with Gasteiger partial charge in [-0.1, -0.05) is 9.83 Å². The van der Waals surface area contributed by atoms with Crippen molar-refractivity contribution in [3.8, 4) is 0 Å². The maximum absolute atomic E-state index is 10.7. The minimum Gasteiger partial charge on any atom is -0.279 e. The van der Waals surface area contributed by atoms with Gasteiger partial charge in [-0.05, 0) is 37.5 Å². The van der Waals surface area contributed by atoms with Gasteiger partial charge in [0, 0.05) is 0 Å². The van der Waals surface area contributed by atoms with Crippen LogP contribution in [0.25, 0.3) is 0 Å². The smallest absolute Gasteiger partial charge is 0.279 e. The first kappa shape index (κ1) is 20.1. The summed E-state index contributed by atoms with van der Waals surface area (Å²) < 4.78 is 57.5. The van der Waals surface area contributed by atoms with E-state index in [0.29, 0.717) is 0 Å². The van der Waals surface area contributed by atoms with Crippen LogP contribution in [0.4, 0.5) is 13.2 Å². The molecule has 0 aromatic rings. The van der Waals surface area contributed by atoms with Crippen LogP contribution in [-0.4, -0.2) is 56.0 Å². The Bertz CT molecular complexity index is 312. The highest BCUT2D eigenvalue weighted by molar-refractivity contribution is 9.26. The van der Waals surface area contributed by atoms with Gasteiger partial charge in [-0.15, -0.1) is 0 Å². The van der Waals surface area contributed by atoms with Crippen molar-refractivity contribution in [1.29, 1.82) is 0 Å². The lowest BCUT2D eigenvalue weighted by Gasteiger charge is -2.35. The van der Waals surface area contributed by atoms with Gasteiger partial charge in [0.25, 0.3) is 0 Å². The van der Waals surface area contributed by atoms with E-state index in [2.05, 4.69) is 47.4 Å². The molecule has 0 saturated heterocycles. The molecule has 1 N–H and O–H groups in total. The molecular weight excluding hydrogens is 317 g/mol. The molecule has 17 heavy (non-hydrogen) atoms. The maximum atomic E-state index is 10.7. The summed E-state index contributed by atoms with van der Waals surface area (Å²) in [5.41, 5.74) is -5.53. The second-order valence-corrected chi connectivity index (χ2v) is 20.5. The Balaban J connectivity index is 0. The summed E-state index contributed by atoms with van der Waals surface area (Å²) in [6.45, 7) is 0. The van der Waals surface area contributed by atoms with Crippen molar-refractivity contribution >= 4 is 38.1 Å². The summed E-state index contributed by atoms with van der Waals surface area (Å²) >= 11 is 0. The van der Waals surface area contributed by atoms with Gasteiger partial charge in [-0.2, -0.15) is 39.7 Å². The fourth-order valence-electron chi connectivity index (χ4n) is 0.612. The standard InChI is InChI=1S/C6H18S3.CHF3O3S/c1-8(2,3)7-9(4,5)6;2-1(3,4)8(5,6)7/h1-6H3;(H,5,6,7). The van der Waals surface area contributed by atoms with Gasteiger partial charge in [0.15, 0.2) is 0 Å². The first-order chi connectivity index (χ1) is 6.96. The Labute approximate surface area is 107 Å². The topological polar surface area (TPSA) is 54.4 Å². The van der Waals surface area contributed by atoms with Crippen LogP contribution < -0.4 is 0 Å². The van der Waals surface area contributed by atoms with Crippen LogP contribution >= 0.6 is 27.9 Å². The number of alkyl halides is 3. The molecule has 0 aliphatic heterocycles. The van der Waals surface area contributed by atoms with Crippen LogP contribution in [0, 0.1) is 0 Å². The molecule has 0 amide bonds. The molecule has 0 heterocycles. The molecule has 0 aromatic carbocycles. The van der Waals surface area contributed by atoms with Crippen molar-refractivity contribution in [2.45, 2.75) is 5.51 Å². The molecule has 0 radical (unpaired) electrons. The van der Waals surface area contributed by atoms with Gasteiger partial charge in [0.2, 0.25) is 0 Å². The van der Waals surface area contributed by atoms with Crippen LogP contribution in [0.15, 0.2) is 0 Å². The van der Waals surface area contributed by atoms with Gasteiger partial charge in [-0.3, -0.25) is 4.55 Å². The SMILES string of the molecule is CS(C)(C)SS(C)(C)C.O=S(=O)(O)C(F)(F)F. The molecule has 3 nitrogen and oxygen atoms in total. The lowest BCUT2D eigenvalue weighted by atomic mass is 11.6. The number of hydrogen-bond donors (Lipinski definition) is 1. The van der Waals surface area contributed by atoms with Crippen LogP contribution in [0.3, 0.4) is 0 Å². The number of halogens is 3. The van der Waals surface area contributed by atoms with Crippen molar-refractivity contribution in [1.82, 2.24) is 0 Å². The fraction of sp³-hybridized carbons (Fsp3) is 1.00. The number of hydrogen-bond acceptors (Lipinski definition) is 3. The summed E-state index contributed by atoms with van der Waals surface area (Å²) in [7, 11) is -4.32. The predicted octanol–water partition coefficient (Wildman–Crippen LogP) is 3.33. The highest BCUT2D eigenvalue weighted by Gasteiger charge is 2.44. The van der Waals surface area contributed by atoms with Crippen molar-refractivity contribution < 1.29 is 26.1 Å². The molecule has 0 atom stereocenters. The molecule has 0 aliphatic rings. The zero-order valence-electron chi connectivity index (χ0n) is 10.5. The van der Waals surface area contributed by atoms with Crippen molar-refractivity contribution in [2.75, 3.05) is 37.5 Å². The van der Waals surface area contributed by atoms with E-state index in [4.69, 9.17) is 13.0 Å². The van der Waals surface area contributed by atoms with Crippen LogP contribution in [0.5, 0.6) is 0 Å². The summed E-state index contributed by atoms with van der Waals surface area (Å²) in [5, 5.41) is 0. The van der Waals surface area contributed by atoms with Crippen LogP contribution in [-0.2, 0) is 10.1 Å². The molecule has 0 unspecified atom stereocenters. The Hall–Kier alpha value is 0.750. The largest absolute Gasteiger partial charge is 0.522 e. The van der Waals surface area contributed by atoms with Crippen molar-refractivity contribution in [3.63, 3.8) is 0 Å². The summed E-state index contributed by atoms with van der Waals surface area (Å²) in [5.74, 6) is 0. The molecule has 0 bridgehead atoms. The molecule has 0 rings (SSSR count). The molecule has 0 saturated carbocycles. The average molecular weight is 336 g/mol. The minimum atomic E-state index is -5.84. The van der Waals surface area contributed by atoms with E-state index < -0.39 is 15.6 Å². The van der Waals surface area contributed by atoms with Crippen molar-refractivity contribution in [3.05, 3.63) is 0 Å². The highest BCUT2D eigenvalue weighted by atomic mass is 33.6. The summed E-state index contributed by atoms with van der Waals surface area (Å²) in [4.78, 5) is 0. The first-order valence-corrected chi connectivity index (χ1v) is 13.1. The molecule has 0 aromatic heterocycles. The van der Waals surface area contributed by atoms with E-state index in [0.717, 1.165) is 0 Å². The van der Waals surface area contributed by atoms with Gasteiger partial charge < -0.3 is 0 Å². The van der Waals surface area contributed by atoms with Crippen LogP contribution in [0.1, 0.15) is 0 Å². The third-order valence-corrected chi connectivity index (χ3v) is 11.9. The van der Waals surface area contributed by atoms with E-state index >= 15 is 0 Å². The Morgan fingerprint density at radius 1 is 0.882 bits per heavy atom. The lowest BCUT2D eigenvalue weighted by molar-refractivity contribution is -0.0510. The second kappa shape index (κ2) is 6.27. The van der Waals surface area contributed by atoms with Crippen LogP contribution in [0.2, 0.25) is 0 Å². The fourth-order valence-corrected chi connectivity index (χ4v) is 16.5. The predicted molar refractivity (Wildman–Crippen MR) is 75.9 cm³/mol. The van der Waals surface area contributed by atoms with E-state index in [9.17, 15) is 13.2 Å². The van der Waals surface area contributed by atoms with E-state index in [-0.39, 0.29) is 18.1 Å². The monoisotopic (exact) mass is 336 g/mol. The summed E-state index contributed by atoms with van der Waals surface area (Å²) in [6.07, 6.45) is 14.1. The average Bonchev–Trinajstić information content (AvgIpc) is 1.71. The Morgan fingerprint density at radius 2 is 1.06 bits per heavy atom. The van der Waals surface area contributed by atoms with E-state index in [1.807, 2.05) is 0 Å². The molecule has 0 spiro atoms. The lowest BCUT2D eigenvalue weighted by Crippen LogP contribution is -2.21.